The number of aryl methyl sites for hydroxylation is 2. The highest BCUT2D eigenvalue weighted by Gasteiger charge is 2.04. The normalized spacial score (nSPS) is 10.2. The summed E-state index contributed by atoms with van der Waals surface area (Å²) in [6.07, 6.45) is 0.354. The highest BCUT2D eigenvalue weighted by atomic mass is 16.1. The quantitative estimate of drug-likeness (QED) is 0.827. The first-order valence-electron chi connectivity index (χ1n) is 6.25. The van der Waals surface area contributed by atoms with E-state index >= 15 is 0 Å². The molecule has 1 amide bonds. The average molecular weight is 254 g/mol. The van der Waals surface area contributed by atoms with Crippen molar-refractivity contribution < 1.29 is 4.79 Å². The molecular formula is C16H18N2O. The van der Waals surface area contributed by atoms with E-state index in [2.05, 4.69) is 11.4 Å². The maximum Gasteiger partial charge on any atom is 0.228 e. The minimum Gasteiger partial charge on any atom is -0.399 e. The maximum atomic E-state index is 11.9. The maximum absolute atomic E-state index is 11.9. The molecule has 19 heavy (non-hydrogen) atoms. The standard InChI is InChI=1S/C16H18N2O/c1-11-7-12(2)9-15(8-11)18-16(19)10-13-3-5-14(17)6-4-13/h3-9H,10,17H2,1-2H3,(H,18,19). The Labute approximate surface area is 113 Å². The molecule has 0 saturated carbocycles. The van der Waals surface area contributed by atoms with Crippen LogP contribution in [0.25, 0.3) is 0 Å². The Morgan fingerprint density at radius 2 is 1.63 bits per heavy atom. The van der Waals surface area contributed by atoms with E-state index in [4.69, 9.17) is 5.73 Å². The van der Waals surface area contributed by atoms with Gasteiger partial charge in [0.25, 0.3) is 0 Å². The number of amides is 1. The predicted octanol–water partition coefficient (Wildman–Crippen LogP) is 3.07. The van der Waals surface area contributed by atoms with Crippen molar-refractivity contribution in [1.29, 1.82) is 0 Å². The first-order valence-corrected chi connectivity index (χ1v) is 6.25. The third kappa shape index (κ3) is 3.85. The number of nitrogens with one attached hydrogen (secondary N) is 1. The van der Waals surface area contributed by atoms with Crippen LogP contribution >= 0.6 is 0 Å². The highest BCUT2D eigenvalue weighted by molar-refractivity contribution is 5.92. The van der Waals surface area contributed by atoms with Crippen molar-refractivity contribution in [3.8, 4) is 0 Å². The van der Waals surface area contributed by atoms with Crippen LogP contribution in [0.15, 0.2) is 42.5 Å². The van der Waals surface area contributed by atoms with Crippen molar-refractivity contribution in [2.45, 2.75) is 20.3 Å². The summed E-state index contributed by atoms with van der Waals surface area (Å²) in [5.41, 5.74) is 10.4. The zero-order valence-corrected chi connectivity index (χ0v) is 11.2. The van der Waals surface area contributed by atoms with Gasteiger partial charge >= 0.3 is 0 Å². The molecular weight excluding hydrogens is 236 g/mol. The van der Waals surface area contributed by atoms with Gasteiger partial charge in [0.2, 0.25) is 5.91 Å². The molecule has 0 heterocycles. The summed E-state index contributed by atoms with van der Waals surface area (Å²) >= 11 is 0. The molecule has 0 aliphatic rings. The molecule has 0 aromatic heterocycles. The second-order valence-electron chi connectivity index (χ2n) is 4.84. The van der Waals surface area contributed by atoms with Gasteiger partial charge in [-0.15, -0.1) is 0 Å². The van der Waals surface area contributed by atoms with E-state index in [9.17, 15) is 4.79 Å². The molecule has 0 fully saturated rings. The van der Waals surface area contributed by atoms with Crippen LogP contribution in [-0.2, 0) is 11.2 Å². The Bertz CT molecular complexity index is 568. The molecule has 0 aliphatic carbocycles. The first-order chi connectivity index (χ1) is 9.02. The van der Waals surface area contributed by atoms with E-state index in [-0.39, 0.29) is 5.91 Å². The second kappa shape index (κ2) is 5.57. The fraction of sp³-hybridized carbons (Fsp3) is 0.188. The lowest BCUT2D eigenvalue weighted by molar-refractivity contribution is -0.115. The Balaban J connectivity index is 2.03. The molecule has 0 saturated heterocycles. The molecule has 0 spiro atoms. The number of hydrogen-bond acceptors (Lipinski definition) is 2. The summed E-state index contributed by atoms with van der Waals surface area (Å²) in [6.45, 7) is 4.03. The number of nitrogens with two attached hydrogens (primary N) is 1. The molecule has 0 unspecified atom stereocenters. The molecule has 2 rings (SSSR count). The number of nitrogen functional groups attached to an aromatic ring is 1. The van der Waals surface area contributed by atoms with Gasteiger partial charge in [0.15, 0.2) is 0 Å². The third-order valence-electron chi connectivity index (χ3n) is 2.85. The summed E-state index contributed by atoms with van der Waals surface area (Å²) < 4.78 is 0. The zero-order chi connectivity index (χ0) is 13.8. The second-order valence-corrected chi connectivity index (χ2v) is 4.84. The minimum atomic E-state index is -0.0187. The number of carbonyl (C=O) groups is 1. The van der Waals surface area contributed by atoms with E-state index in [0.717, 1.165) is 22.4 Å². The van der Waals surface area contributed by atoms with E-state index in [1.807, 2.05) is 38.1 Å². The molecule has 0 bridgehead atoms. The van der Waals surface area contributed by atoms with Crippen molar-refractivity contribution in [2.24, 2.45) is 0 Å². The third-order valence-corrected chi connectivity index (χ3v) is 2.85. The van der Waals surface area contributed by atoms with Gasteiger partial charge in [0.05, 0.1) is 6.42 Å². The lowest BCUT2D eigenvalue weighted by Gasteiger charge is -2.08. The van der Waals surface area contributed by atoms with E-state index in [1.54, 1.807) is 12.1 Å². The van der Waals surface area contributed by atoms with Gasteiger partial charge in [-0.3, -0.25) is 4.79 Å². The fourth-order valence-corrected chi connectivity index (χ4v) is 2.07. The largest absolute Gasteiger partial charge is 0.399 e. The smallest absolute Gasteiger partial charge is 0.228 e. The molecule has 0 radical (unpaired) electrons. The predicted molar refractivity (Wildman–Crippen MR) is 79.1 cm³/mol. The summed E-state index contributed by atoms with van der Waals surface area (Å²) in [6, 6.07) is 13.4. The Morgan fingerprint density at radius 3 is 2.21 bits per heavy atom. The van der Waals surface area contributed by atoms with Crippen molar-refractivity contribution in [3.05, 3.63) is 59.2 Å². The summed E-state index contributed by atoms with van der Waals surface area (Å²) in [4.78, 5) is 11.9. The van der Waals surface area contributed by atoms with Crippen LogP contribution in [-0.4, -0.2) is 5.91 Å². The van der Waals surface area contributed by atoms with E-state index in [1.165, 1.54) is 0 Å². The SMILES string of the molecule is Cc1cc(C)cc(NC(=O)Cc2ccc(N)cc2)c1. The number of hydrogen-bond donors (Lipinski definition) is 2. The van der Waals surface area contributed by atoms with Gasteiger partial charge in [0.1, 0.15) is 0 Å². The van der Waals surface area contributed by atoms with Crippen molar-refractivity contribution in [2.75, 3.05) is 11.1 Å². The van der Waals surface area contributed by atoms with Crippen LogP contribution in [0.1, 0.15) is 16.7 Å². The van der Waals surface area contributed by atoms with Gasteiger partial charge in [-0.1, -0.05) is 18.2 Å². The molecule has 2 aromatic rings. The van der Waals surface area contributed by atoms with Crippen molar-refractivity contribution in [1.82, 2.24) is 0 Å². The zero-order valence-electron chi connectivity index (χ0n) is 11.2. The number of benzene rings is 2. The number of carbonyl (C=O) groups excluding carboxylic acids is 1. The summed E-state index contributed by atoms with van der Waals surface area (Å²) in [5, 5.41) is 2.92. The van der Waals surface area contributed by atoms with Gasteiger partial charge in [-0.05, 0) is 54.8 Å². The van der Waals surface area contributed by atoms with Crippen LogP contribution in [0.3, 0.4) is 0 Å². The monoisotopic (exact) mass is 254 g/mol. The lowest BCUT2D eigenvalue weighted by Crippen LogP contribution is -2.14. The van der Waals surface area contributed by atoms with Gasteiger partial charge in [-0.2, -0.15) is 0 Å². The molecule has 3 heteroatoms. The number of rotatable bonds is 3. The Hall–Kier alpha value is -2.29. The number of anilines is 2. The fourth-order valence-electron chi connectivity index (χ4n) is 2.07. The van der Waals surface area contributed by atoms with Crippen LogP contribution in [0.5, 0.6) is 0 Å². The van der Waals surface area contributed by atoms with E-state index < -0.39 is 0 Å². The molecule has 2 aromatic carbocycles. The Morgan fingerprint density at radius 1 is 1.05 bits per heavy atom. The van der Waals surface area contributed by atoms with Gasteiger partial charge in [-0.25, -0.2) is 0 Å². The van der Waals surface area contributed by atoms with E-state index in [0.29, 0.717) is 12.1 Å². The molecule has 0 aliphatic heterocycles. The lowest BCUT2D eigenvalue weighted by atomic mass is 10.1. The molecule has 98 valence electrons. The van der Waals surface area contributed by atoms with Crippen molar-refractivity contribution >= 4 is 17.3 Å². The summed E-state index contributed by atoms with van der Waals surface area (Å²) in [5.74, 6) is -0.0187. The van der Waals surface area contributed by atoms with Gasteiger partial charge in [0, 0.05) is 11.4 Å². The molecule has 0 atom stereocenters. The minimum absolute atomic E-state index is 0.0187. The molecule has 3 N–H and O–H groups in total. The molecule has 3 nitrogen and oxygen atoms in total. The van der Waals surface area contributed by atoms with Crippen LogP contribution in [0.2, 0.25) is 0 Å². The highest BCUT2D eigenvalue weighted by Crippen LogP contribution is 2.14. The van der Waals surface area contributed by atoms with Gasteiger partial charge < -0.3 is 11.1 Å². The van der Waals surface area contributed by atoms with Crippen LogP contribution in [0, 0.1) is 13.8 Å². The first kappa shape index (κ1) is 13.1. The average Bonchev–Trinajstić information content (AvgIpc) is 2.30. The topological polar surface area (TPSA) is 55.1 Å². The van der Waals surface area contributed by atoms with Crippen LogP contribution in [0.4, 0.5) is 11.4 Å². The van der Waals surface area contributed by atoms with Crippen LogP contribution < -0.4 is 11.1 Å². The summed E-state index contributed by atoms with van der Waals surface area (Å²) in [7, 11) is 0. The Kier molecular flexibility index (Phi) is 3.85. The van der Waals surface area contributed by atoms with Crippen molar-refractivity contribution in [3.63, 3.8) is 0 Å².